The van der Waals surface area contributed by atoms with Gasteiger partial charge < -0.3 is 20.0 Å². The molecule has 3 amide bonds. The largest absolute Gasteiger partial charge is 0.353 e. The molecule has 1 aliphatic rings. The standard InChI is InChI=1S/C31H39ClN6O2S/c1-23-20-36(17-18-38(23)30(40)35-31(2,3)4)27-19-26(32)33-29(34-27)41-22-28(39)37(21-25-13-9-6-10-14-25)16-15-24-11-7-5-8-12-24/h5-14,19,23H,15-18,20-22H2,1-4H3,(H,35,40). The molecule has 41 heavy (non-hydrogen) atoms. The van der Waals surface area contributed by atoms with E-state index >= 15 is 0 Å². The van der Waals surface area contributed by atoms with Gasteiger partial charge in [0.1, 0.15) is 11.0 Å². The van der Waals surface area contributed by atoms with Crippen molar-refractivity contribution in [3.63, 3.8) is 0 Å². The predicted molar refractivity (Wildman–Crippen MR) is 166 cm³/mol. The summed E-state index contributed by atoms with van der Waals surface area (Å²) >= 11 is 7.69. The first-order valence-electron chi connectivity index (χ1n) is 13.9. The molecule has 2 aromatic carbocycles. The van der Waals surface area contributed by atoms with E-state index < -0.39 is 0 Å². The van der Waals surface area contributed by atoms with Crippen LogP contribution in [-0.2, 0) is 17.8 Å². The second-order valence-corrected chi connectivity index (χ2v) is 12.7. The lowest BCUT2D eigenvalue weighted by atomic mass is 10.1. The number of amides is 3. The normalized spacial score (nSPS) is 15.5. The Bertz CT molecular complexity index is 1300. The number of thioether (sulfide) groups is 1. The monoisotopic (exact) mass is 594 g/mol. The Balaban J connectivity index is 1.39. The molecule has 4 rings (SSSR count). The summed E-state index contributed by atoms with van der Waals surface area (Å²) in [5, 5.41) is 3.84. The number of piperazine rings is 1. The molecule has 8 nitrogen and oxygen atoms in total. The van der Waals surface area contributed by atoms with E-state index in [0.29, 0.717) is 48.9 Å². The Kier molecular flexibility index (Phi) is 10.5. The van der Waals surface area contributed by atoms with Crippen molar-refractivity contribution in [2.24, 2.45) is 0 Å². The maximum atomic E-state index is 13.4. The highest BCUT2D eigenvalue weighted by molar-refractivity contribution is 7.99. The third-order valence-electron chi connectivity index (χ3n) is 6.76. The van der Waals surface area contributed by atoms with Crippen LogP contribution in [0.5, 0.6) is 0 Å². The fraction of sp³-hybridized carbons (Fsp3) is 0.419. The van der Waals surface area contributed by atoms with Gasteiger partial charge in [-0.1, -0.05) is 84.0 Å². The molecular weight excluding hydrogens is 556 g/mol. The van der Waals surface area contributed by atoms with Crippen molar-refractivity contribution in [2.75, 3.05) is 36.8 Å². The van der Waals surface area contributed by atoms with Crippen molar-refractivity contribution in [2.45, 2.75) is 57.4 Å². The zero-order chi connectivity index (χ0) is 29.4. The topological polar surface area (TPSA) is 81.7 Å². The van der Waals surface area contributed by atoms with Crippen LogP contribution in [0.25, 0.3) is 0 Å². The number of aromatic nitrogens is 2. The fourth-order valence-electron chi connectivity index (χ4n) is 4.69. The first-order chi connectivity index (χ1) is 19.6. The zero-order valence-electron chi connectivity index (χ0n) is 24.2. The van der Waals surface area contributed by atoms with Gasteiger partial charge in [0.2, 0.25) is 5.91 Å². The first kappa shape index (κ1) is 30.7. The number of rotatable bonds is 9. The van der Waals surface area contributed by atoms with Crippen LogP contribution in [0.15, 0.2) is 71.9 Å². The Hall–Kier alpha value is -3.30. The molecule has 1 unspecified atom stereocenters. The quantitative estimate of drug-likeness (QED) is 0.200. The minimum absolute atomic E-state index is 0.00585. The average Bonchev–Trinajstić information content (AvgIpc) is 2.93. The highest BCUT2D eigenvalue weighted by atomic mass is 35.5. The van der Waals surface area contributed by atoms with Gasteiger partial charge in [0.15, 0.2) is 5.16 Å². The Morgan fingerprint density at radius 3 is 2.32 bits per heavy atom. The van der Waals surface area contributed by atoms with Crippen molar-refractivity contribution in [3.05, 3.63) is 83.0 Å². The summed E-state index contributed by atoms with van der Waals surface area (Å²) in [4.78, 5) is 41.1. The molecule has 1 fully saturated rings. The van der Waals surface area contributed by atoms with Gasteiger partial charge in [-0.3, -0.25) is 4.79 Å². The van der Waals surface area contributed by atoms with Crippen LogP contribution in [0.3, 0.4) is 0 Å². The van der Waals surface area contributed by atoms with Crippen LogP contribution in [0.2, 0.25) is 5.15 Å². The Morgan fingerprint density at radius 1 is 1.02 bits per heavy atom. The average molecular weight is 595 g/mol. The highest BCUT2D eigenvalue weighted by Crippen LogP contribution is 2.25. The molecule has 2 heterocycles. The summed E-state index contributed by atoms with van der Waals surface area (Å²) < 4.78 is 0. The van der Waals surface area contributed by atoms with Gasteiger partial charge >= 0.3 is 6.03 Å². The van der Waals surface area contributed by atoms with E-state index in [0.717, 1.165) is 12.0 Å². The van der Waals surface area contributed by atoms with Gasteiger partial charge in [-0.15, -0.1) is 0 Å². The number of nitrogens with zero attached hydrogens (tertiary/aromatic N) is 5. The van der Waals surface area contributed by atoms with E-state index in [9.17, 15) is 9.59 Å². The van der Waals surface area contributed by atoms with Gasteiger partial charge in [-0.25, -0.2) is 14.8 Å². The van der Waals surface area contributed by atoms with Crippen LogP contribution < -0.4 is 10.2 Å². The molecule has 0 saturated carbocycles. The summed E-state index contributed by atoms with van der Waals surface area (Å²) in [6.07, 6.45) is 0.778. The molecule has 1 aromatic heterocycles. The van der Waals surface area contributed by atoms with Crippen LogP contribution in [0, 0.1) is 0 Å². The van der Waals surface area contributed by atoms with Crippen molar-refractivity contribution >= 4 is 41.1 Å². The predicted octanol–water partition coefficient (Wildman–Crippen LogP) is 5.51. The van der Waals surface area contributed by atoms with Gasteiger partial charge in [0.05, 0.1) is 5.75 Å². The second kappa shape index (κ2) is 14.0. The van der Waals surface area contributed by atoms with Crippen molar-refractivity contribution in [1.82, 2.24) is 25.1 Å². The molecule has 0 radical (unpaired) electrons. The fourth-order valence-corrected chi connectivity index (χ4v) is 5.68. The van der Waals surface area contributed by atoms with E-state index in [4.69, 9.17) is 16.6 Å². The smallest absolute Gasteiger partial charge is 0.318 e. The molecule has 1 saturated heterocycles. The SMILES string of the molecule is CC1CN(c2cc(Cl)nc(SCC(=O)N(CCc3ccccc3)Cc3ccccc3)n2)CCN1C(=O)NC(C)(C)C. The summed E-state index contributed by atoms with van der Waals surface area (Å²) in [5.41, 5.74) is 1.99. The number of nitrogens with one attached hydrogen (secondary N) is 1. The van der Waals surface area contributed by atoms with Crippen molar-refractivity contribution < 1.29 is 9.59 Å². The third-order valence-corrected chi connectivity index (χ3v) is 7.79. The third kappa shape index (κ3) is 9.36. The minimum atomic E-state index is -0.296. The molecule has 3 aromatic rings. The van der Waals surface area contributed by atoms with Gasteiger partial charge in [0.25, 0.3) is 0 Å². The van der Waals surface area contributed by atoms with Crippen molar-refractivity contribution in [1.29, 1.82) is 0 Å². The van der Waals surface area contributed by atoms with E-state index in [2.05, 4.69) is 27.3 Å². The number of hydrogen-bond acceptors (Lipinski definition) is 6. The second-order valence-electron chi connectivity index (χ2n) is 11.3. The molecule has 0 aliphatic carbocycles. The lowest BCUT2D eigenvalue weighted by Gasteiger charge is -2.41. The van der Waals surface area contributed by atoms with E-state index in [1.165, 1.54) is 17.3 Å². The van der Waals surface area contributed by atoms with Gasteiger partial charge in [-0.2, -0.15) is 0 Å². The number of urea groups is 1. The van der Waals surface area contributed by atoms with Crippen molar-refractivity contribution in [3.8, 4) is 0 Å². The number of carbonyl (C=O) groups excluding carboxylic acids is 2. The molecule has 0 spiro atoms. The molecule has 1 N–H and O–H groups in total. The maximum Gasteiger partial charge on any atom is 0.318 e. The van der Waals surface area contributed by atoms with E-state index in [1.807, 2.05) is 86.0 Å². The van der Waals surface area contributed by atoms with Crippen LogP contribution in [-0.4, -0.2) is 75.2 Å². The summed E-state index contributed by atoms with van der Waals surface area (Å²) in [5.74, 6) is 0.929. The number of halogens is 1. The molecule has 1 atom stereocenters. The highest BCUT2D eigenvalue weighted by Gasteiger charge is 2.30. The molecule has 10 heteroatoms. The molecule has 0 bridgehead atoms. The van der Waals surface area contributed by atoms with Crippen LogP contribution in [0.1, 0.15) is 38.8 Å². The van der Waals surface area contributed by atoms with Crippen LogP contribution >= 0.6 is 23.4 Å². The lowest BCUT2D eigenvalue weighted by molar-refractivity contribution is -0.128. The lowest BCUT2D eigenvalue weighted by Crippen LogP contribution is -2.59. The van der Waals surface area contributed by atoms with Gasteiger partial charge in [-0.05, 0) is 45.2 Å². The molecular formula is C31H39ClN6O2S. The summed E-state index contributed by atoms with van der Waals surface area (Å²) in [6.45, 7) is 10.9. The first-order valence-corrected chi connectivity index (χ1v) is 15.3. The Labute approximate surface area is 252 Å². The Morgan fingerprint density at radius 2 is 1.68 bits per heavy atom. The molecule has 1 aliphatic heterocycles. The number of hydrogen-bond donors (Lipinski definition) is 1. The maximum absolute atomic E-state index is 13.4. The number of benzene rings is 2. The zero-order valence-corrected chi connectivity index (χ0v) is 25.8. The molecule has 218 valence electrons. The van der Waals surface area contributed by atoms with E-state index in [1.54, 1.807) is 6.07 Å². The van der Waals surface area contributed by atoms with E-state index in [-0.39, 0.29) is 29.3 Å². The minimum Gasteiger partial charge on any atom is -0.353 e. The van der Waals surface area contributed by atoms with Crippen LogP contribution in [0.4, 0.5) is 10.6 Å². The number of carbonyl (C=O) groups is 2. The summed E-state index contributed by atoms with van der Waals surface area (Å²) in [7, 11) is 0. The van der Waals surface area contributed by atoms with Gasteiger partial charge in [0, 0.05) is 50.4 Å². The summed E-state index contributed by atoms with van der Waals surface area (Å²) in [6, 6.07) is 21.9. The number of anilines is 1.